The van der Waals surface area contributed by atoms with Gasteiger partial charge in [0.05, 0.1) is 17.8 Å². The highest BCUT2D eigenvalue weighted by Gasteiger charge is 2.16. The van der Waals surface area contributed by atoms with Gasteiger partial charge in [-0.25, -0.2) is 14.2 Å². The van der Waals surface area contributed by atoms with Crippen molar-refractivity contribution in [1.29, 1.82) is 0 Å². The number of halogens is 1. The molecule has 0 radical (unpaired) electrons. The predicted octanol–water partition coefficient (Wildman–Crippen LogP) is 1.92. The molecule has 1 aromatic carbocycles. The highest BCUT2D eigenvalue weighted by molar-refractivity contribution is 7.13. The Hall–Kier alpha value is -2.48. The summed E-state index contributed by atoms with van der Waals surface area (Å²) < 4.78 is 13.0. The van der Waals surface area contributed by atoms with Gasteiger partial charge in [0.15, 0.2) is 0 Å². The minimum Gasteiger partial charge on any atom is -0.507 e. The Morgan fingerprint density at radius 2 is 2.14 bits per heavy atom. The maximum atomic E-state index is 13.0. The van der Waals surface area contributed by atoms with Gasteiger partial charge in [-0.15, -0.1) is 11.3 Å². The number of benzene rings is 1. The molecule has 8 heteroatoms. The van der Waals surface area contributed by atoms with E-state index in [-0.39, 0.29) is 22.7 Å². The highest BCUT2D eigenvalue weighted by Crippen LogP contribution is 2.20. The molecule has 0 aliphatic rings. The second-order valence-corrected chi connectivity index (χ2v) is 5.26. The van der Waals surface area contributed by atoms with Gasteiger partial charge >= 0.3 is 5.97 Å². The summed E-state index contributed by atoms with van der Waals surface area (Å²) in [6.07, 6.45) is 0. The summed E-state index contributed by atoms with van der Waals surface area (Å²) in [5.74, 6) is -2.73. The van der Waals surface area contributed by atoms with Crippen molar-refractivity contribution in [2.45, 2.75) is 13.5 Å². The molecule has 1 aromatic heterocycles. The number of thiazole rings is 1. The number of rotatable bonds is 4. The third-order valence-corrected chi connectivity index (χ3v) is 3.78. The van der Waals surface area contributed by atoms with Crippen LogP contribution in [0.25, 0.3) is 0 Å². The van der Waals surface area contributed by atoms with Crippen LogP contribution in [0.15, 0.2) is 18.2 Å². The first-order valence-electron chi connectivity index (χ1n) is 5.85. The number of nitrogens with one attached hydrogen (secondary N) is 1. The van der Waals surface area contributed by atoms with E-state index in [1.807, 2.05) is 0 Å². The molecular weight excluding hydrogens is 299 g/mol. The Morgan fingerprint density at radius 1 is 1.43 bits per heavy atom. The summed E-state index contributed by atoms with van der Waals surface area (Å²) >= 11 is 0.950. The topological polar surface area (TPSA) is 99.5 Å². The monoisotopic (exact) mass is 310 g/mol. The van der Waals surface area contributed by atoms with Crippen LogP contribution in [0.4, 0.5) is 4.39 Å². The lowest BCUT2D eigenvalue weighted by Gasteiger charge is -2.05. The van der Waals surface area contributed by atoms with Gasteiger partial charge in [-0.2, -0.15) is 0 Å². The summed E-state index contributed by atoms with van der Waals surface area (Å²) in [6.45, 7) is 1.55. The van der Waals surface area contributed by atoms with Gasteiger partial charge in [0.25, 0.3) is 5.91 Å². The fourth-order valence-electron chi connectivity index (χ4n) is 1.67. The summed E-state index contributed by atoms with van der Waals surface area (Å²) in [6, 6.07) is 3.04. The first-order chi connectivity index (χ1) is 9.88. The standard InChI is InChI=1S/C13H11FN2O4S/c1-6-11(13(19)20)21-10(16-6)5-15-12(18)8-4-7(14)2-3-9(8)17/h2-4,17H,5H2,1H3,(H,15,18)(H,19,20). The number of carbonyl (C=O) groups is 2. The van der Waals surface area contributed by atoms with Gasteiger partial charge in [0.2, 0.25) is 0 Å². The van der Waals surface area contributed by atoms with Crippen molar-refractivity contribution in [1.82, 2.24) is 10.3 Å². The fraction of sp³-hybridized carbons (Fsp3) is 0.154. The van der Waals surface area contributed by atoms with Gasteiger partial charge in [0.1, 0.15) is 21.5 Å². The number of phenols is 1. The van der Waals surface area contributed by atoms with Crippen LogP contribution in [-0.4, -0.2) is 27.1 Å². The molecule has 0 aliphatic carbocycles. The van der Waals surface area contributed by atoms with E-state index in [1.54, 1.807) is 6.92 Å². The molecule has 0 spiro atoms. The minimum atomic E-state index is -1.08. The van der Waals surface area contributed by atoms with Crippen molar-refractivity contribution < 1.29 is 24.2 Å². The van der Waals surface area contributed by atoms with Crippen LogP contribution in [0.2, 0.25) is 0 Å². The molecule has 110 valence electrons. The molecular formula is C13H11FN2O4S. The molecule has 3 N–H and O–H groups in total. The summed E-state index contributed by atoms with van der Waals surface area (Å²) in [4.78, 5) is 26.9. The highest BCUT2D eigenvalue weighted by atomic mass is 32.1. The number of aryl methyl sites for hydroxylation is 1. The van der Waals surface area contributed by atoms with E-state index >= 15 is 0 Å². The number of hydrogen-bond acceptors (Lipinski definition) is 5. The predicted molar refractivity (Wildman–Crippen MR) is 73.0 cm³/mol. The molecule has 1 amide bonds. The fourth-order valence-corrected chi connectivity index (χ4v) is 2.51. The number of carboxylic acid groups (broad SMARTS) is 1. The zero-order valence-electron chi connectivity index (χ0n) is 10.9. The third kappa shape index (κ3) is 3.34. The number of nitrogens with zero attached hydrogens (tertiary/aromatic N) is 1. The SMILES string of the molecule is Cc1nc(CNC(=O)c2cc(F)ccc2O)sc1C(=O)O. The molecule has 1 heterocycles. The van der Waals surface area contributed by atoms with E-state index in [0.29, 0.717) is 10.7 Å². The molecule has 0 fully saturated rings. The average molecular weight is 310 g/mol. The number of aromatic hydroxyl groups is 1. The Labute approximate surface area is 122 Å². The van der Waals surface area contributed by atoms with Crippen LogP contribution in [-0.2, 0) is 6.54 Å². The molecule has 0 saturated heterocycles. The van der Waals surface area contributed by atoms with E-state index in [2.05, 4.69) is 10.3 Å². The van der Waals surface area contributed by atoms with Crippen LogP contribution in [0, 0.1) is 12.7 Å². The van der Waals surface area contributed by atoms with Crippen LogP contribution in [0.1, 0.15) is 30.7 Å². The van der Waals surface area contributed by atoms with Crippen LogP contribution < -0.4 is 5.32 Å². The molecule has 0 aliphatic heterocycles. The molecule has 0 saturated carbocycles. The van der Waals surface area contributed by atoms with E-state index < -0.39 is 17.7 Å². The number of amides is 1. The summed E-state index contributed by atoms with van der Waals surface area (Å²) in [5.41, 5.74) is 0.173. The van der Waals surface area contributed by atoms with Gasteiger partial charge in [-0.05, 0) is 25.1 Å². The smallest absolute Gasteiger partial charge is 0.347 e. The van der Waals surface area contributed by atoms with Gasteiger partial charge in [0, 0.05) is 0 Å². The van der Waals surface area contributed by atoms with E-state index in [4.69, 9.17) is 5.11 Å². The van der Waals surface area contributed by atoms with Crippen molar-refractivity contribution in [3.8, 4) is 5.75 Å². The van der Waals surface area contributed by atoms with Crippen molar-refractivity contribution in [2.75, 3.05) is 0 Å². The second kappa shape index (κ2) is 5.88. The summed E-state index contributed by atoms with van der Waals surface area (Å²) in [7, 11) is 0. The lowest BCUT2D eigenvalue weighted by molar-refractivity contribution is 0.0701. The second-order valence-electron chi connectivity index (χ2n) is 4.17. The lowest BCUT2D eigenvalue weighted by atomic mass is 10.2. The van der Waals surface area contributed by atoms with Crippen LogP contribution in [0.3, 0.4) is 0 Å². The maximum Gasteiger partial charge on any atom is 0.347 e. The third-order valence-electron chi connectivity index (χ3n) is 2.64. The number of aromatic carboxylic acids is 1. The largest absolute Gasteiger partial charge is 0.507 e. The number of aromatic nitrogens is 1. The van der Waals surface area contributed by atoms with Gasteiger partial charge in [-0.1, -0.05) is 0 Å². The van der Waals surface area contributed by atoms with Gasteiger partial charge in [-0.3, -0.25) is 4.79 Å². The Bertz CT molecular complexity index is 714. The number of carboxylic acids is 1. The van der Waals surface area contributed by atoms with Gasteiger partial charge < -0.3 is 15.5 Å². The number of carbonyl (C=O) groups excluding carboxylic acids is 1. The van der Waals surface area contributed by atoms with Crippen molar-refractivity contribution in [3.05, 3.63) is 45.2 Å². The lowest BCUT2D eigenvalue weighted by Crippen LogP contribution is -2.23. The zero-order chi connectivity index (χ0) is 15.6. The van der Waals surface area contributed by atoms with Crippen molar-refractivity contribution in [2.24, 2.45) is 0 Å². The normalized spacial score (nSPS) is 10.4. The minimum absolute atomic E-state index is 0.00638. The molecule has 0 bridgehead atoms. The van der Waals surface area contributed by atoms with E-state index in [9.17, 15) is 19.1 Å². The number of hydrogen-bond donors (Lipinski definition) is 3. The van der Waals surface area contributed by atoms with E-state index in [1.165, 1.54) is 0 Å². The van der Waals surface area contributed by atoms with E-state index in [0.717, 1.165) is 29.5 Å². The van der Waals surface area contributed by atoms with Crippen LogP contribution in [0.5, 0.6) is 5.75 Å². The molecule has 2 rings (SSSR count). The Morgan fingerprint density at radius 3 is 2.76 bits per heavy atom. The molecule has 0 atom stereocenters. The Kier molecular flexibility index (Phi) is 4.18. The molecule has 0 unspecified atom stereocenters. The molecule has 2 aromatic rings. The first kappa shape index (κ1) is 14.9. The molecule has 6 nitrogen and oxygen atoms in total. The average Bonchev–Trinajstić information content (AvgIpc) is 2.80. The quantitative estimate of drug-likeness (QED) is 0.801. The first-order valence-corrected chi connectivity index (χ1v) is 6.66. The van der Waals surface area contributed by atoms with Crippen LogP contribution >= 0.6 is 11.3 Å². The Balaban J connectivity index is 2.09. The zero-order valence-corrected chi connectivity index (χ0v) is 11.7. The molecule has 21 heavy (non-hydrogen) atoms. The van der Waals surface area contributed by atoms with Crippen molar-refractivity contribution in [3.63, 3.8) is 0 Å². The number of phenolic OH excluding ortho intramolecular Hbond substituents is 1. The summed E-state index contributed by atoms with van der Waals surface area (Å²) in [5, 5.41) is 21.3. The van der Waals surface area contributed by atoms with Crippen molar-refractivity contribution >= 4 is 23.2 Å². The maximum absolute atomic E-state index is 13.0.